The molecular weight excluding hydrogens is 224 g/mol. The third-order valence-corrected chi connectivity index (χ3v) is 2.87. The van der Waals surface area contributed by atoms with Gasteiger partial charge in [0.25, 0.3) is 0 Å². The molecule has 0 aliphatic carbocycles. The lowest BCUT2D eigenvalue weighted by Gasteiger charge is -2.05. The van der Waals surface area contributed by atoms with E-state index in [9.17, 15) is 9.59 Å². The summed E-state index contributed by atoms with van der Waals surface area (Å²) in [5.74, 6) is 0.0318. The molecule has 2 nitrogen and oxygen atoms in total. The predicted molar refractivity (Wildman–Crippen MR) is 71.0 cm³/mol. The van der Waals surface area contributed by atoms with Crippen molar-refractivity contribution in [1.29, 1.82) is 0 Å². The zero-order valence-corrected chi connectivity index (χ0v) is 10.2. The van der Waals surface area contributed by atoms with E-state index < -0.39 is 0 Å². The van der Waals surface area contributed by atoms with Crippen molar-refractivity contribution in [3.8, 4) is 0 Å². The van der Waals surface area contributed by atoms with Crippen molar-refractivity contribution in [2.75, 3.05) is 0 Å². The van der Waals surface area contributed by atoms with Crippen molar-refractivity contribution >= 4 is 12.1 Å². The maximum atomic E-state index is 12.1. The third-order valence-electron chi connectivity index (χ3n) is 2.87. The van der Waals surface area contributed by atoms with Gasteiger partial charge in [-0.2, -0.15) is 0 Å². The second-order valence-corrected chi connectivity index (χ2v) is 4.29. The van der Waals surface area contributed by atoms with Crippen molar-refractivity contribution in [2.45, 2.75) is 13.3 Å². The van der Waals surface area contributed by atoms with Gasteiger partial charge >= 0.3 is 0 Å². The van der Waals surface area contributed by atoms with Crippen molar-refractivity contribution in [3.63, 3.8) is 0 Å². The molecule has 0 saturated carbocycles. The maximum absolute atomic E-state index is 12.1. The molecule has 2 aromatic carbocycles. The highest BCUT2D eigenvalue weighted by atomic mass is 16.1. The number of carbonyl (C=O) groups is 2. The largest absolute Gasteiger partial charge is 0.298 e. The summed E-state index contributed by atoms with van der Waals surface area (Å²) in [5, 5.41) is 0. The Labute approximate surface area is 106 Å². The van der Waals surface area contributed by atoms with E-state index in [4.69, 9.17) is 0 Å². The van der Waals surface area contributed by atoms with Crippen molar-refractivity contribution in [1.82, 2.24) is 0 Å². The smallest absolute Gasteiger partial charge is 0.167 e. The molecule has 0 N–H and O–H groups in total. The summed E-state index contributed by atoms with van der Waals surface area (Å²) < 4.78 is 0. The van der Waals surface area contributed by atoms with Crippen LogP contribution in [0.1, 0.15) is 31.8 Å². The van der Waals surface area contributed by atoms with E-state index in [1.165, 1.54) is 0 Å². The number of Topliss-reactive ketones (excluding diaryl/α,β-unsaturated/α-hetero) is 1. The topological polar surface area (TPSA) is 34.1 Å². The van der Waals surface area contributed by atoms with Gasteiger partial charge in [0, 0.05) is 17.5 Å². The Kier molecular flexibility index (Phi) is 3.68. The molecule has 0 amide bonds. The van der Waals surface area contributed by atoms with Gasteiger partial charge in [0.05, 0.1) is 0 Å². The lowest BCUT2D eigenvalue weighted by atomic mass is 9.98. The molecule has 0 aliphatic heterocycles. The molecule has 2 aromatic rings. The van der Waals surface area contributed by atoms with E-state index in [1.807, 2.05) is 37.3 Å². The second-order valence-electron chi connectivity index (χ2n) is 4.29. The zero-order valence-electron chi connectivity index (χ0n) is 10.2. The fourth-order valence-corrected chi connectivity index (χ4v) is 1.90. The minimum Gasteiger partial charge on any atom is -0.298 e. The van der Waals surface area contributed by atoms with Gasteiger partial charge in [-0.05, 0) is 12.5 Å². The molecule has 0 aromatic heterocycles. The molecule has 0 atom stereocenters. The first-order valence-corrected chi connectivity index (χ1v) is 5.83. The standard InChI is InChI=1S/C16H14O2/c1-12-7-8-14(11-17)15(9-12)10-16(18)13-5-3-2-4-6-13/h2-9,11H,10H2,1H3. The molecule has 0 aliphatic rings. The molecule has 90 valence electrons. The molecule has 0 radical (unpaired) electrons. The molecule has 0 saturated heterocycles. The Morgan fingerprint density at radius 3 is 2.50 bits per heavy atom. The van der Waals surface area contributed by atoms with Crippen molar-refractivity contribution in [3.05, 3.63) is 70.8 Å². The number of aryl methyl sites for hydroxylation is 1. The molecular formula is C16H14O2. The van der Waals surface area contributed by atoms with E-state index >= 15 is 0 Å². The number of aldehydes is 1. The highest BCUT2D eigenvalue weighted by Crippen LogP contribution is 2.13. The molecule has 0 bridgehead atoms. The molecule has 18 heavy (non-hydrogen) atoms. The monoisotopic (exact) mass is 238 g/mol. The third kappa shape index (κ3) is 2.72. The minimum absolute atomic E-state index is 0.0318. The molecule has 0 unspecified atom stereocenters. The minimum atomic E-state index is 0.0318. The van der Waals surface area contributed by atoms with Gasteiger partial charge in [0.2, 0.25) is 0 Å². The maximum Gasteiger partial charge on any atom is 0.167 e. The van der Waals surface area contributed by atoms with Crippen LogP contribution < -0.4 is 0 Å². The highest BCUT2D eigenvalue weighted by molar-refractivity contribution is 5.98. The van der Waals surface area contributed by atoms with Crippen LogP contribution in [0.15, 0.2) is 48.5 Å². The van der Waals surface area contributed by atoms with E-state index in [0.29, 0.717) is 11.1 Å². The first-order chi connectivity index (χ1) is 8.70. The number of benzene rings is 2. The normalized spacial score (nSPS) is 10.1. The lowest BCUT2D eigenvalue weighted by molar-refractivity contribution is 0.0993. The van der Waals surface area contributed by atoms with Crippen molar-refractivity contribution < 1.29 is 9.59 Å². The van der Waals surface area contributed by atoms with Crippen LogP contribution in [0.2, 0.25) is 0 Å². The predicted octanol–water partition coefficient (Wildman–Crippen LogP) is 3.23. The van der Waals surface area contributed by atoms with Gasteiger partial charge in [-0.1, -0.05) is 54.1 Å². The Bertz CT molecular complexity index is 571. The van der Waals surface area contributed by atoms with Crippen LogP contribution in [-0.4, -0.2) is 12.1 Å². The van der Waals surface area contributed by atoms with Gasteiger partial charge < -0.3 is 0 Å². The molecule has 2 rings (SSSR count). The zero-order chi connectivity index (χ0) is 13.0. The fraction of sp³-hybridized carbons (Fsp3) is 0.125. The Morgan fingerprint density at radius 1 is 1.11 bits per heavy atom. The van der Waals surface area contributed by atoms with E-state index in [2.05, 4.69) is 0 Å². The summed E-state index contributed by atoms with van der Waals surface area (Å²) in [5.41, 5.74) is 3.11. The number of carbonyl (C=O) groups excluding carboxylic acids is 2. The van der Waals surface area contributed by atoms with Crippen LogP contribution in [0.4, 0.5) is 0 Å². The van der Waals surface area contributed by atoms with Crippen LogP contribution in [0.3, 0.4) is 0 Å². The van der Waals surface area contributed by atoms with Gasteiger partial charge in [-0.3, -0.25) is 9.59 Å². The number of hydrogen-bond acceptors (Lipinski definition) is 2. The van der Waals surface area contributed by atoms with Gasteiger partial charge in [0.15, 0.2) is 5.78 Å². The van der Waals surface area contributed by atoms with E-state index in [1.54, 1.807) is 18.2 Å². The van der Waals surface area contributed by atoms with Crippen LogP contribution in [0, 0.1) is 6.92 Å². The number of hydrogen-bond donors (Lipinski definition) is 0. The first-order valence-electron chi connectivity index (χ1n) is 5.83. The molecule has 2 heteroatoms. The highest BCUT2D eigenvalue weighted by Gasteiger charge is 2.09. The summed E-state index contributed by atoms with van der Waals surface area (Å²) in [6.45, 7) is 1.95. The lowest BCUT2D eigenvalue weighted by Crippen LogP contribution is -2.05. The van der Waals surface area contributed by atoms with Crippen LogP contribution in [0.25, 0.3) is 0 Å². The van der Waals surface area contributed by atoms with Gasteiger partial charge in [-0.25, -0.2) is 0 Å². The molecule has 0 fully saturated rings. The summed E-state index contributed by atoms with van der Waals surface area (Å²) in [6.07, 6.45) is 1.06. The summed E-state index contributed by atoms with van der Waals surface area (Å²) in [7, 11) is 0. The Hall–Kier alpha value is -2.22. The average molecular weight is 238 g/mol. The van der Waals surface area contributed by atoms with Gasteiger partial charge in [-0.15, -0.1) is 0 Å². The van der Waals surface area contributed by atoms with Crippen LogP contribution in [-0.2, 0) is 6.42 Å². The van der Waals surface area contributed by atoms with E-state index in [-0.39, 0.29) is 12.2 Å². The molecule has 0 spiro atoms. The Morgan fingerprint density at radius 2 is 1.83 bits per heavy atom. The van der Waals surface area contributed by atoms with Crippen LogP contribution in [0.5, 0.6) is 0 Å². The quantitative estimate of drug-likeness (QED) is 0.605. The summed E-state index contributed by atoms with van der Waals surface area (Å²) >= 11 is 0. The van der Waals surface area contributed by atoms with E-state index in [0.717, 1.165) is 17.4 Å². The van der Waals surface area contributed by atoms with Crippen LogP contribution >= 0.6 is 0 Å². The van der Waals surface area contributed by atoms with Gasteiger partial charge in [0.1, 0.15) is 6.29 Å². The SMILES string of the molecule is Cc1ccc(C=O)c(CC(=O)c2ccccc2)c1. The average Bonchev–Trinajstić information content (AvgIpc) is 2.40. The van der Waals surface area contributed by atoms with Crippen molar-refractivity contribution in [2.24, 2.45) is 0 Å². The first kappa shape index (κ1) is 12.2. The molecule has 0 heterocycles. The summed E-state index contributed by atoms with van der Waals surface area (Å²) in [6, 6.07) is 14.7. The number of ketones is 1. The fourth-order valence-electron chi connectivity index (χ4n) is 1.90. The number of rotatable bonds is 4. The summed E-state index contributed by atoms with van der Waals surface area (Å²) in [4.78, 5) is 23.0. The second kappa shape index (κ2) is 5.41. The Balaban J connectivity index is 2.27.